The molecule has 0 aliphatic carbocycles. The lowest BCUT2D eigenvalue weighted by Gasteiger charge is -2.26. The summed E-state index contributed by atoms with van der Waals surface area (Å²) in [4.78, 5) is 11.8. The molecule has 0 aromatic heterocycles. The molecule has 0 bridgehead atoms. The van der Waals surface area contributed by atoms with E-state index in [9.17, 15) is 4.79 Å². The average molecular weight is 278 g/mol. The third-order valence-electron chi connectivity index (χ3n) is 3.59. The van der Waals surface area contributed by atoms with Crippen LogP contribution in [0.15, 0.2) is 6.07 Å². The molecule has 0 saturated carbocycles. The highest BCUT2D eigenvalue weighted by Gasteiger charge is 2.24. The van der Waals surface area contributed by atoms with Gasteiger partial charge in [-0.1, -0.05) is 6.92 Å². The van der Waals surface area contributed by atoms with E-state index in [0.29, 0.717) is 18.8 Å². The molecule has 4 nitrogen and oxygen atoms in total. The fraction of sp³-hybridized carbons (Fsp3) is 0.562. The Hall–Kier alpha value is -1.55. The fourth-order valence-electron chi connectivity index (χ4n) is 2.49. The van der Waals surface area contributed by atoms with Gasteiger partial charge in [-0.15, -0.1) is 0 Å². The van der Waals surface area contributed by atoms with Gasteiger partial charge in [0.05, 0.1) is 19.8 Å². The maximum Gasteiger partial charge on any atom is 0.311 e. The Morgan fingerprint density at radius 3 is 2.90 bits per heavy atom. The quantitative estimate of drug-likeness (QED) is 0.627. The highest BCUT2D eigenvalue weighted by Crippen LogP contribution is 2.38. The largest absolute Gasteiger partial charge is 0.496 e. The number of carbonyl (C=O) groups is 1. The molecule has 0 amide bonds. The molecule has 1 atom stereocenters. The Labute approximate surface area is 120 Å². The number of ether oxygens (including phenoxy) is 3. The summed E-state index contributed by atoms with van der Waals surface area (Å²) in [7, 11) is 1.63. The van der Waals surface area contributed by atoms with E-state index < -0.39 is 0 Å². The summed E-state index contributed by atoms with van der Waals surface area (Å²) in [5, 5.41) is 0. The molecule has 0 radical (unpaired) electrons. The van der Waals surface area contributed by atoms with Gasteiger partial charge in [0.2, 0.25) is 0 Å². The zero-order valence-electron chi connectivity index (χ0n) is 12.6. The molecular weight excluding hydrogens is 256 g/mol. The van der Waals surface area contributed by atoms with Gasteiger partial charge in [-0.2, -0.15) is 0 Å². The van der Waals surface area contributed by atoms with Crippen LogP contribution in [0, 0.1) is 6.92 Å². The Bertz CT molecular complexity index is 508. The van der Waals surface area contributed by atoms with Crippen molar-refractivity contribution in [1.29, 1.82) is 0 Å². The molecule has 1 aromatic carbocycles. The topological polar surface area (TPSA) is 44.8 Å². The van der Waals surface area contributed by atoms with Gasteiger partial charge in [0.25, 0.3) is 0 Å². The Kier molecular flexibility index (Phi) is 4.65. The van der Waals surface area contributed by atoms with Gasteiger partial charge in [-0.05, 0) is 38.3 Å². The second kappa shape index (κ2) is 6.27. The number of fused-ring (bicyclic) bond motifs is 1. The molecule has 2 rings (SSSR count). The number of benzene rings is 1. The molecule has 20 heavy (non-hydrogen) atoms. The zero-order valence-corrected chi connectivity index (χ0v) is 12.6. The summed E-state index contributed by atoms with van der Waals surface area (Å²) < 4.78 is 16.6. The SMILES string of the molecule is CCCC(=O)Oc1c(C)c(OC)cc2c1COC(C)C2. The molecule has 0 spiro atoms. The van der Waals surface area contributed by atoms with Crippen LogP contribution < -0.4 is 9.47 Å². The third-order valence-corrected chi connectivity index (χ3v) is 3.59. The molecule has 0 fully saturated rings. The monoisotopic (exact) mass is 278 g/mol. The van der Waals surface area contributed by atoms with Crippen LogP contribution in [-0.2, 0) is 22.6 Å². The second-order valence-electron chi connectivity index (χ2n) is 5.22. The van der Waals surface area contributed by atoms with Gasteiger partial charge in [-0.25, -0.2) is 0 Å². The van der Waals surface area contributed by atoms with E-state index in [-0.39, 0.29) is 12.1 Å². The van der Waals surface area contributed by atoms with Crippen LogP contribution >= 0.6 is 0 Å². The number of carbonyl (C=O) groups excluding carboxylic acids is 1. The van der Waals surface area contributed by atoms with E-state index in [1.165, 1.54) is 0 Å². The normalized spacial score (nSPS) is 17.5. The van der Waals surface area contributed by atoms with Crippen LogP contribution in [0.3, 0.4) is 0 Å². The van der Waals surface area contributed by atoms with Crippen molar-refractivity contribution in [3.05, 3.63) is 22.8 Å². The first-order valence-electron chi connectivity index (χ1n) is 7.08. The van der Waals surface area contributed by atoms with Crippen LogP contribution in [0.25, 0.3) is 0 Å². The molecule has 1 heterocycles. The van der Waals surface area contributed by atoms with E-state index in [0.717, 1.165) is 35.3 Å². The maximum atomic E-state index is 11.8. The van der Waals surface area contributed by atoms with E-state index in [1.807, 2.05) is 26.8 Å². The summed E-state index contributed by atoms with van der Waals surface area (Å²) in [5.74, 6) is 1.17. The molecular formula is C16H22O4. The molecule has 1 aromatic rings. The van der Waals surface area contributed by atoms with Crippen molar-refractivity contribution in [2.45, 2.75) is 52.7 Å². The molecule has 0 N–H and O–H groups in total. The van der Waals surface area contributed by atoms with Crippen molar-refractivity contribution in [1.82, 2.24) is 0 Å². The minimum Gasteiger partial charge on any atom is -0.496 e. The molecule has 110 valence electrons. The number of rotatable bonds is 4. The summed E-state index contributed by atoms with van der Waals surface area (Å²) in [6.45, 7) is 6.39. The number of hydrogen-bond donors (Lipinski definition) is 0. The van der Waals surface area contributed by atoms with E-state index in [4.69, 9.17) is 14.2 Å². The average Bonchev–Trinajstić information content (AvgIpc) is 2.41. The van der Waals surface area contributed by atoms with Crippen LogP contribution in [0.5, 0.6) is 11.5 Å². The highest BCUT2D eigenvalue weighted by molar-refractivity contribution is 5.74. The van der Waals surface area contributed by atoms with Crippen LogP contribution in [0.1, 0.15) is 43.4 Å². The van der Waals surface area contributed by atoms with Crippen molar-refractivity contribution in [3.8, 4) is 11.5 Å². The number of esters is 1. The summed E-state index contributed by atoms with van der Waals surface area (Å²) in [5.41, 5.74) is 2.98. The van der Waals surface area contributed by atoms with Gasteiger partial charge < -0.3 is 14.2 Å². The molecule has 1 aliphatic rings. The predicted octanol–water partition coefficient (Wildman–Crippen LogP) is 3.17. The summed E-state index contributed by atoms with van der Waals surface area (Å²) in [6.07, 6.45) is 2.18. The van der Waals surface area contributed by atoms with Crippen molar-refractivity contribution >= 4 is 5.97 Å². The van der Waals surface area contributed by atoms with E-state index in [2.05, 4.69) is 0 Å². The molecule has 4 heteroatoms. The first-order chi connectivity index (χ1) is 9.56. The smallest absolute Gasteiger partial charge is 0.311 e. The van der Waals surface area contributed by atoms with Crippen molar-refractivity contribution in [3.63, 3.8) is 0 Å². The standard InChI is InChI=1S/C16H22O4/c1-5-6-15(17)20-16-11(3)14(18-4)8-12-7-10(2)19-9-13(12)16/h8,10H,5-7,9H2,1-4H3. The molecule has 1 unspecified atom stereocenters. The van der Waals surface area contributed by atoms with Crippen molar-refractivity contribution < 1.29 is 19.0 Å². The minimum atomic E-state index is -0.204. The number of hydrogen-bond acceptors (Lipinski definition) is 4. The minimum absolute atomic E-state index is 0.175. The van der Waals surface area contributed by atoms with Gasteiger partial charge in [-0.3, -0.25) is 4.79 Å². The van der Waals surface area contributed by atoms with Gasteiger partial charge in [0, 0.05) is 17.5 Å². The maximum absolute atomic E-state index is 11.8. The van der Waals surface area contributed by atoms with Crippen molar-refractivity contribution in [2.75, 3.05) is 7.11 Å². The van der Waals surface area contributed by atoms with Gasteiger partial charge in [0.1, 0.15) is 11.5 Å². The number of methoxy groups -OCH3 is 1. The van der Waals surface area contributed by atoms with Crippen LogP contribution in [0.2, 0.25) is 0 Å². The lowest BCUT2D eigenvalue weighted by molar-refractivity contribution is -0.134. The zero-order chi connectivity index (χ0) is 14.7. The highest BCUT2D eigenvalue weighted by atomic mass is 16.5. The van der Waals surface area contributed by atoms with Crippen LogP contribution in [-0.4, -0.2) is 19.2 Å². The Morgan fingerprint density at radius 2 is 2.25 bits per heavy atom. The van der Waals surface area contributed by atoms with Crippen LogP contribution in [0.4, 0.5) is 0 Å². The third kappa shape index (κ3) is 2.96. The second-order valence-corrected chi connectivity index (χ2v) is 5.22. The summed E-state index contributed by atoms with van der Waals surface area (Å²) in [6, 6.07) is 2.03. The Morgan fingerprint density at radius 1 is 1.50 bits per heavy atom. The van der Waals surface area contributed by atoms with E-state index >= 15 is 0 Å². The molecule has 0 saturated heterocycles. The van der Waals surface area contributed by atoms with Gasteiger partial charge >= 0.3 is 5.97 Å². The lowest BCUT2D eigenvalue weighted by atomic mass is 9.95. The predicted molar refractivity (Wildman–Crippen MR) is 76.2 cm³/mol. The Balaban J connectivity index is 2.42. The van der Waals surface area contributed by atoms with Crippen molar-refractivity contribution in [2.24, 2.45) is 0 Å². The summed E-state index contributed by atoms with van der Waals surface area (Å²) >= 11 is 0. The first-order valence-corrected chi connectivity index (χ1v) is 7.08. The molecule has 1 aliphatic heterocycles. The fourth-order valence-corrected chi connectivity index (χ4v) is 2.49. The van der Waals surface area contributed by atoms with E-state index in [1.54, 1.807) is 7.11 Å². The first kappa shape index (κ1) is 14.9. The van der Waals surface area contributed by atoms with Gasteiger partial charge in [0.15, 0.2) is 0 Å². The lowest BCUT2D eigenvalue weighted by Crippen LogP contribution is -2.21.